The number of hydrogen-bond donors (Lipinski definition) is 4. The molecule has 22 nitrogen and oxygen atoms in total. The van der Waals surface area contributed by atoms with Crippen molar-refractivity contribution in [1.82, 2.24) is 34.1 Å². The number of carbonyl (C=O) groups excluding carboxylic acids is 2. The molecule has 1 aliphatic carbocycles. The van der Waals surface area contributed by atoms with Crippen LogP contribution in [0.2, 0.25) is 0 Å². The van der Waals surface area contributed by atoms with Gasteiger partial charge < -0.3 is 24.4 Å². The van der Waals surface area contributed by atoms with Gasteiger partial charge in [-0.25, -0.2) is 30.7 Å². The summed E-state index contributed by atoms with van der Waals surface area (Å²) in [5, 5.41) is 5.95. The highest BCUT2D eigenvalue weighted by molar-refractivity contribution is 7.48. The van der Waals surface area contributed by atoms with Crippen molar-refractivity contribution in [3.63, 3.8) is 0 Å². The third-order valence-corrected chi connectivity index (χ3v) is 13.7. The number of benzene rings is 1. The van der Waals surface area contributed by atoms with Gasteiger partial charge in [0, 0.05) is 41.5 Å². The van der Waals surface area contributed by atoms with Gasteiger partial charge in [-0.15, -0.1) is 0 Å². The molecule has 1 saturated carbocycles. The lowest BCUT2D eigenvalue weighted by molar-refractivity contribution is -0.118. The summed E-state index contributed by atoms with van der Waals surface area (Å²) in [6.07, 6.45) is 0.143. The Bertz CT molecular complexity index is 2690. The minimum atomic E-state index is -4.93. The zero-order chi connectivity index (χ0) is 43.9. The minimum Gasteiger partial charge on any atom is -0.349 e. The Balaban J connectivity index is 1.10. The van der Waals surface area contributed by atoms with E-state index in [-0.39, 0.29) is 48.4 Å². The van der Waals surface area contributed by atoms with E-state index in [0.29, 0.717) is 16.6 Å². The molecule has 4 N–H and O–H groups in total. The summed E-state index contributed by atoms with van der Waals surface area (Å²) in [4.78, 5) is 73.0. The van der Waals surface area contributed by atoms with Crippen molar-refractivity contribution in [3.8, 4) is 0 Å². The molecule has 8 rings (SSSR count). The van der Waals surface area contributed by atoms with Crippen molar-refractivity contribution in [1.29, 1.82) is 0 Å². The van der Waals surface area contributed by atoms with E-state index < -0.39 is 94.6 Å². The van der Waals surface area contributed by atoms with Crippen molar-refractivity contribution < 1.29 is 51.0 Å². The Hall–Kier alpha value is -5.20. The summed E-state index contributed by atoms with van der Waals surface area (Å²) in [6.45, 7) is 12.8. The summed E-state index contributed by atoms with van der Waals surface area (Å²) in [5.74, 6) is -3.00. The van der Waals surface area contributed by atoms with Gasteiger partial charge in [0.2, 0.25) is 18.4 Å². The predicted octanol–water partition coefficient (Wildman–Crippen LogP) is 5.10. The van der Waals surface area contributed by atoms with Crippen LogP contribution in [0.5, 0.6) is 0 Å². The highest BCUT2D eigenvalue weighted by Crippen LogP contribution is 2.59. The number of fused-ring (bicyclic) bond motifs is 5. The second-order valence-corrected chi connectivity index (χ2v) is 18.6. The van der Waals surface area contributed by atoms with E-state index in [1.165, 1.54) is 17.2 Å². The second-order valence-electron chi connectivity index (χ2n) is 15.6. The van der Waals surface area contributed by atoms with Gasteiger partial charge >= 0.3 is 15.6 Å². The number of phosphoric ester groups is 2. The molecule has 24 heteroatoms. The van der Waals surface area contributed by atoms with Crippen LogP contribution in [-0.4, -0.2) is 95.4 Å². The Morgan fingerprint density at radius 3 is 2.56 bits per heavy atom. The largest absolute Gasteiger partial charge is 0.475 e. The molecule has 2 amide bonds. The molecule has 10 atom stereocenters. The molecular weight excluding hydrogens is 850 g/mol. The van der Waals surface area contributed by atoms with Gasteiger partial charge in [0.15, 0.2) is 17.4 Å². The Morgan fingerprint density at radius 2 is 1.81 bits per heavy atom. The third kappa shape index (κ3) is 8.73. The normalized spacial score (nSPS) is 30.3. The standard InChI is InChI=1S/C38H44N10O12P2/c1-20(2)34(49)45-38-44-33-28(36(51)46-38)42-19-48(33)37-30-22(4)27(58-37)17-57-62(54,55-14-12-39-5)60-29-21(3)26(15-24(29)16-56-61(52,53)59-30)47-13-11-25-31(40-18-41-32(25)47)43-35(50)23-9-7-6-8-10-23/h6-11,13,18-22,24,26-27,29-30,37H,12,14-17H2,1-4H3,(H,52,53)(H,40,41,43,50)(H2,44,45,46,49,51). The van der Waals surface area contributed by atoms with Gasteiger partial charge in [-0.05, 0) is 24.6 Å². The van der Waals surface area contributed by atoms with Crippen molar-refractivity contribution in [3.05, 3.63) is 82.6 Å². The number of rotatable bonds is 9. The number of nitrogens with one attached hydrogen (secondary N) is 3. The third-order valence-electron chi connectivity index (χ3n) is 11.2. The molecule has 6 heterocycles. The van der Waals surface area contributed by atoms with Crippen LogP contribution in [0.25, 0.3) is 27.0 Å². The Kier molecular flexibility index (Phi) is 12.3. The number of nitrogens with zero attached hydrogens (tertiary/aromatic N) is 7. The number of phosphoric acid groups is 2. The summed E-state index contributed by atoms with van der Waals surface area (Å²) in [7, 11) is -9.44. The summed E-state index contributed by atoms with van der Waals surface area (Å²) < 4.78 is 67.7. The van der Waals surface area contributed by atoms with E-state index in [4.69, 9.17) is 33.9 Å². The van der Waals surface area contributed by atoms with E-state index in [1.807, 2.05) is 11.5 Å². The van der Waals surface area contributed by atoms with Gasteiger partial charge in [-0.1, -0.05) is 45.9 Å². The molecule has 10 unspecified atom stereocenters. The molecule has 3 aliphatic rings. The quantitative estimate of drug-likeness (QED) is 0.0851. The van der Waals surface area contributed by atoms with E-state index in [2.05, 4.69) is 40.4 Å². The Morgan fingerprint density at radius 1 is 1.02 bits per heavy atom. The summed E-state index contributed by atoms with van der Waals surface area (Å²) in [6, 6.07) is 10.0. The molecule has 3 fully saturated rings. The zero-order valence-corrected chi connectivity index (χ0v) is 35.7. The van der Waals surface area contributed by atoms with Crippen LogP contribution in [0.3, 0.4) is 0 Å². The number of imidazole rings is 1. The van der Waals surface area contributed by atoms with Gasteiger partial charge in [0.25, 0.3) is 11.5 Å². The average Bonchev–Trinajstić information content (AvgIpc) is 4.01. The fourth-order valence-electron chi connectivity index (χ4n) is 7.96. The molecule has 5 aromatic rings. The smallest absolute Gasteiger partial charge is 0.349 e. The lowest BCUT2D eigenvalue weighted by atomic mass is 10.0. The average molecular weight is 895 g/mol. The number of aromatic amines is 1. The van der Waals surface area contributed by atoms with E-state index >= 15 is 0 Å². The molecule has 4 aromatic heterocycles. The van der Waals surface area contributed by atoms with Gasteiger partial charge in [0.05, 0.1) is 37.1 Å². The van der Waals surface area contributed by atoms with Crippen LogP contribution >= 0.6 is 15.6 Å². The van der Waals surface area contributed by atoms with Crippen molar-refractivity contribution in [2.75, 3.05) is 37.0 Å². The van der Waals surface area contributed by atoms with E-state index in [9.17, 15) is 28.4 Å². The molecule has 0 spiro atoms. The van der Waals surface area contributed by atoms with Crippen molar-refractivity contribution >= 4 is 61.4 Å². The molecule has 1 aromatic carbocycles. The number of ether oxygens (including phenoxy) is 1. The van der Waals surface area contributed by atoms with Crippen LogP contribution in [0.4, 0.5) is 11.8 Å². The highest BCUT2D eigenvalue weighted by Gasteiger charge is 2.52. The highest BCUT2D eigenvalue weighted by atomic mass is 31.2. The topological polar surface area (TPSA) is 267 Å². The molecule has 2 saturated heterocycles. The first-order valence-electron chi connectivity index (χ1n) is 19.8. The molecule has 2 aliphatic heterocycles. The minimum absolute atomic E-state index is 0.0335. The van der Waals surface area contributed by atoms with Gasteiger partial charge in [0.1, 0.15) is 30.5 Å². The van der Waals surface area contributed by atoms with Crippen LogP contribution in [-0.2, 0) is 41.3 Å². The lowest BCUT2D eigenvalue weighted by Crippen LogP contribution is -2.29. The summed E-state index contributed by atoms with van der Waals surface area (Å²) >= 11 is 0. The lowest BCUT2D eigenvalue weighted by Gasteiger charge is -2.29. The summed E-state index contributed by atoms with van der Waals surface area (Å²) in [5.41, 5.74) is 0.104. The van der Waals surface area contributed by atoms with Crippen LogP contribution in [0.1, 0.15) is 56.7 Å². The number of amides is 2. The maximum atomic E-state index is 14.6. The molecule has 62 heavy (non-hydrogen) atoms. The fourth-order valence-corrected chi connectivity index (χ4v) is 10.5. The Labute approximate surface area is 353 Å². The van der Waals surface area contributed by atoms with Crippen LogP contribution in [0, 0.1) is 30.2 Å². The van der Waals surface area contributed by atoms with Gasteiger partial charge in [-0.2, -0.15) is 4.98 Å². The predicted molar refractivity (Wildman–Crippen MR) is 219 cm³/mol. The maximum absolute atomic E-state index is 14.6. The number of hydrogen-bond acceptors (Lipinski definition) is 15. The zero-order valence-electron chi connectivity index (χ0n) is 33.9. The first-order chi connectivity index (χ1) is 29.6. The van der Waals surface area contributed by atoms with Crippen molar-refractivity contribution in [2.45, 2.75) is 64.7 Å². The number of aromatic nitrogens is 7. The molecular formula is C38H44N10O12P2. The van der Waals surface area contributed by atoms with Crippen LogP contribution < -0.4 is 16.2 Å². The molecule has 328 valence electrons. The molecule has 0 radical (unpaired) electrons. The van der Waals surface area contributed by atoms with Crippen LogP contribution in [0.15, 0.2) is 60.0 Å². The van der Waals surface area contributed by atoms with E-state index in [0.717, 1.165) is 0 Å². The first-order valence-corrected chi connectivity index (χ1v) is 22.8. The van der Waals surface area contributed by atoms with Crippen molar-refractivity contribution in [2.24, 2.45) is 23.7 Å². The fraction of sp³-hybridized carbons (Fsp3) is 0.474. The number of carbonyl (C=O) groups is 2. The number of anilines is 2. The number of H-pyrrole nitrogens is 1. The first kappa shape index (κ1) is 43.4. The second kappa shape index (κ2) is 17.5. The van der Waals surface area contributed by atoms with Gasteiger partial charge in [-0.3, -0.25) is 51.9 Å². The monoisotopic (exact) mass is 894 g/mol. The van der Waals surface area contributed by atoms with E-state index in [1.54, 1.807) is 63.4 Å². The SMILES string of the molecule is [C-]#[N+]CCOP1(=O)OCC2OC(n3cnc4c(=O)[nH]c(NC(=O)C(C)C)nc43)C(OP(=O)(O)OCC3CC(n4ccc5c(NC(=O)c6ccccc6)ncnc54)C(C)C3O1)C2C. The molecule has 2 bridgehead atoms. The maximum Gasteiger partial charge on any atom is 0.475 e.